The Kier molecular flexibility index (Phi) is 4.69. The maximum Gasteiger partial charge on any atom is 0.0510 e. The number of likely N-dealkylation sites (N-methyl/N-ethyl adjacent to an activating group) is 1. The van der Waals surface area contributed by atoms with E-state index in [9.17, 15) is 0 Å². The van der Waals surface area contributed by atoms with Gasteiger partial charge in [0, 0.05) is 28.6 Å². The van der Waals surface area contributed by atoms with Gasteiger partial charge in [-0.2, -0.15) is 0 Å². The molecule has 94 valence electrons. The van der Waals surface area contributed by atoms with E-state index < -0.39 is 0 Å². The van der Waals surface area contributed by atoms with Gasteiger partial charge in [0.2, 0.25) is 0 Å². The molecule has 4 heteroatoms. The van der Waals surface area contributed by atoms with E-state index in [1.165, 1.54) is 0 Å². The molecular weight excluding hydrogens is 257 g/mol. The fourth-order valence-electron chi connectivity index (χ4n) is 2.30. The molecular formula is C13H17Cl2NO. The smallest absolute Gasteiger partial charge is 0.0510 e. The molecule has 1 aromatic carbocycles. The Bertz CT molecular complexity index is 378. The van der Waals surface area contributed by atoms with Crippen LogP contribution in [0.1, 0.15) is 12.0 Å². The lowest BCUT2D eigenvalue weighted by Gasteiger charge is -2.22. The molecule has 2 nitrogen and oxygen atoms in total. The minimum absolute atomic E-state index is 0.413. The first-order chi connectivity index (χ1) is 8.20. The van der Waals surface area contributed by atoms with E-state index in [1.54, 1.807) is 6.07 Å². The van der Waals surface area contributed by atoms with Gasteiger partial charge in [0.05, 0.1) is 6.61 Å². The molecule has 1 saturated heterocycles. The third-order valence-corrected chi connectivity index (χ3v) is 3.95. The minimum atomic E-state index is 0.413. The molecule has 1 N–H and O–H groups in total. The Balaban J connectivity index is 2.06. The van der Waals surface area contributed by atoms with Gasteiger partial charge in [-0.25, -0.2) is 0 Å². The third kappa shape index (κ3) is 3.35. The zero-order valence-corrected chi connectivity index (χ0v) is 11.4. The lowest BCUT2D eigenvalue weighted by atomic mass is 9.93. The van der Waals surface area contributed by atoms with Crippen LogP contribution >= 0.6 is 23.2 Å². The van der Waals surface area contributed by atoms with Gasteiger partial charge < -0.3 is 10.1 Å². The van der Waals surface area contributed by atoms with Crippen LogP contribution in [0.2, 0.25) is 10.0 Å². The number of benzene rings is 1. The van der Waals surface area contributed by atoms with Crippen LogP contribution < -0.4 is 5.32 Å². The van der Waals surface area contributed by atoms with Crippen molar-refractivity contribution < 1.29 is 4.74 Å². The van der Waals surface area contributed by atoms with Crippen LogP contribution in [0.15, 0.2) is 18.2 Å². The number of rotatable bonds is 4. The Hall–Kier alpha value is -0.280. The fraction of sp³-hybridized carbons (Fsp3) is 0.538. The summed E-state index contributed by atoms with van der Waals surface area (Å²) in [4.78, 5) is 0. The molecule has 1 aromatic rings. The number of hydrogen-bond donors (Lipinski definition) is 1. The largest absolute Gasteiger partial charge is 0.381 e. The van der Waals surface area contributed by atoms with Crippen molar-refractivity contribution in [3.05, 3.63) is 33.8 Å². The fourth-order valence-corrected chi connectivity index (χ4v) is 2.78. The van der Waals surface area contributed by atoms with Crippen LogP contribution in [-0.4, -0.2) is 26.3 Å². The average molecular weight is 274 g/mol. The Labute approximate surface area is 112 Å². The van der Waals surface area contributed by atoms with Crippen LogP contribution in [0.3, 0.4) is 0 Å². The van der Waals surface area contributed by atoms with Gasteiger partial charge in [-0.1, -0.05) is 29.3 Å². The van der Waals surface area contributed by atoms with Crippen molar-refractivity contribution in [1.29, 1.82) is 0 Å². The third-order valence-electron chi connectivity index (χ3n) is 3.36. The second kappa shape index (κ2) is 6.05. The summed E-state index contributed by atoms with van der Waals surface area (Å²) in [6.07, 6.45) is 2.04. The van der Waals surface area contributed by atoms with E-state index >= 15 is 0 Å². The maximum atomic E-state index is 6.19. The predicted molar refractivity (Wildman–Crippen MR) is 71.9 cm³/mol. The van der Waals surface area contributed by atoms with Gasteiger partial charge in [-0.3, -0.25) is 0 Å². The highest BCUT2D eigenvalue weighted by Gasteiger charge is 2.25. The van der Waals surface area contributed by atoms with Crippen LogP contribution in [-0.2, 0) is 11.2 Å². The molecule has 0 radical (unpaired) electrons. The standard InChI is InChI=1S/C13H17Cl2NO/c1-16-13(10-4-5-17-8-10)6-9-2-3-11(14)7-12(9)15/h2-3,7,10,13,16H,4-6,8H2,1H3. The first-order valence-corrected chi connectivity index (χ1v) is 6.65. The zero-order valence-electron chi connectivity index (χ0n) is 9.88. The Morgan fingerprint density at radius 2 is 2.29 bits per heavy atom. The Morgan fingerprint density at radius 3 is 2.88 bits per heavy atom. The highest BCUT2D eigenvalue weighted by atomic mass is 35.5. The molecule has 1 fully saturated rings. The van der Waals surface area contributed by atoms with Gasteiger partial charge in [-0.15, -0.1) is 0 Å². The summed E-state index contributed by atoms with van der Waals surface area (Å²) in [6, 6.07) is 6.11. The van der Waals surface area contributed by atoms with E-state index in [1.807, 2.05) is 19.2 Å². The monoisotopic (exact) mass is 273 g/mol. The summed E-state index contributed by atoms with van der Waals surface area (Å²) >= 11 is 12.1. The predicted octanol–water partition coefficient (Wildman–Crippen LogP) is 3.16. The van der Waals surface area contributed by atoms with Crippen molar-refractivity contribution in [2.24, 2.45) is 5.92 Å². The topological polar surface area (TPSA) is 21.3 Å². The van der Waals surface area contributed by atoms with E-state index in [0.29, 0.717) is 17.0 Å². The van der Waals surface area contributed by atoms with Gasteiger partial charge >= 0.3 is 0 Å². The molecule has 2 unspecified atom stereocenters. The lowest BCUT2D eigenvalue weighted by molar-refractivity contribution is 0.177. The van der Waals surface area contributed by atoms with Crippen LogP contribution in [0.25, 0.3) is 0 Å². The van der Waals surface area contributed by atoms with Gasteiger partial charge in [-0.05, 0) is 37.6 Å². The van der Waals surface area contributed by atoms with E-state index in [4.69, 9.17) is 27.9 Å². The van der Waals surface area contributed by atoms with E-state index in [0.717, 1.165) is 36.6 Å². The summed E-state index contributed by atoms with van der Waals surface area (Å²) in [7, 11) is 1.99. The summed E-state index contributed by atoms with van der Waals surface area (Å²) in [5.41, 5.74) is 1.14. The summed E-state index contributed by atoms with van der Waals surface area (Å²) < 4.78 is 5.43. The van der Waals surface area contributed by atoms with Crippen molar-refractivity contribution >= 4 is 23.2 Å². The molecule has 1 aliphatic heterocycles. The molecule has 0 aliphatic carbocycles. The molecule has 0 aromatic heterocycles. The molecule has 1 heterocycles. The van der Waals surface area contributed by atoms with Crippen molar-refractivity contribution in [3.63, 3.8) is 0 Å². The van der Waals surface area contributed by atoms with Crippen LogP contribution in [0.5, 0.6) is 0 Å². The number of nitrogens with one attached hydrogen (secondary N) is 1. The minimum Gasteiger partial charge on any atom is -0.381 e. The summed E-state index contributed by atoms with van der Waals surface area (Å²) in [6.45, 7) is 1.72. The van der Waals surface area contributed by atoms with Gasteiger partial charge in [0.15, 0.2) is 0 Å². The normalized spacial score (nSPS) is 21.7. The molecule has 0 amide bonds. The molecule has 1 aliphatic rings. The van der Waals surface area contributed by atoms with Crippen LogP contribution in [0, 0.1) is 5.92 Å². The molecule has 0 bridgehead atoms. The molecule has 17 heavy (non-hydrogen) atoms. The van der Waals surface area contributed by atoms with Gasteiger partial charge in [0.25, 0.3) is 0 Å². The molecule has 0 saturated carbocycles. The quantitative estimate of drug-likeness (QED) is 0.910. The van der Waals surface area contributed by atoms with E-state index in [-0.39, 0.29) is 0 Å². The molecule has 2 atom stereocenters. The van der Waals surface area contributed by atoms with Crippen molar-refractivity contribution in [2.45, 2.75) is 18.9 Å². The summed E-state index contributed by atoms with van der Waals surface area (Å²) in [5.74, 6) is 0.576. The summed E-state index contributed by atoms with van der Waals surface area (Å²) in [5, 5.41) is 4.79. The second-order valence-corrected chi connectivity index (χ2v) is 5.30. The first-order valence-electron chi connectivity index (χ1n) is 5.89. The Morgan fingerprint density at radius 1 is 1.47 bits per heavy atom. The second-order valence-electron chi connectivity index (χ2n) is 4.46. The number of ether oxygens (including phenoxy) is 1. The SMILES string of the molecule is CNC(Cc1ccc(Cl)cc1Cl)C1CCOC1. The number of hydrogen-bond acceptors (Lipinski definition) is 2. The lowest BCUT2D eigenvalue weighted by Crippen LogP contribution is -2.36. The zero-order chi connectivity index (χ0) is 12.3. The molecule has 2 rings (SSSR count). The maximum absolute atomic E-state index is 6.19. The average Bonchev–Trinajstić information content (AvgIpc) is 2.81. The number of halogens is 2. The van der Waals surface area contributed by atoms with Gasteiger partial charge in [0.1, 0.15) is 0 Å². The highest BCUT2D eigenvalue weighted by Crippen LogP contribution is 2.25. The van der Waals surface area contributed by atoms with Crippen molar-refractivity contribution in [1.82, 2.24) is 5.32 Å². The molecule has 0 spiro atoms. The first kappa shape index (κ1) is 13.2. The van der Waals surface area contributed by atoms with Crippen LogP contribution in [0.4, 0.5) is 0 Å². The van der Waals surface area contributed by atoms with Crippen molar-refractivity contribution in [3.8, 4) is 0 Å². The highest BCUT2D eigenvalue weighted by molar-refractivity contribution is 6.35. The van der Waals surface area contributed by atoms with E-state index in [2.05, 4.69) is 5.32 Å². The van der Waals surface area contributed by atoms with Crippen molar-refractivity contribution in [2.75, 3.05) is 20.3 Å².